The Morgan fingerprint density at radius 3 is 2.00 bits per heavy atom. The second-order valence-corrected chi connectivity index (χ2v) is 7.81. The van der Waals surface area contributed by atoms with E-state index in [-0.39, 0.29) is 11.6 Å². The lowest BCUT2D eigenvalue weighted by Crippen LogP contribution is -2.00. The zero-order valence-corrected chi connectivity index (χ0v) is 17.2. The maximum Gasteiger partial charge on any atom is 0.123 e. The molecule has 5 heteroatoms. The second kappa shape index (κ2) is 7.97. The molecule has 0 unspecified atom stereocenters. The highest BCUT2D eigenvalue weighted by atomic mass is 35.5. The van der Waals surface area contributed by atoms with Crippen molar-refractivity contribution in [1.29, 1.82) is 0 Å². The number of hydrogen-bond acceptors (Lipinski definition) is 1. The summed E-state index contributed by atoms with van der Waals surface area (Å²) in [7, 11) is 0. The smallest absolute Gasteiger partial charge is 0.123 e. The van der Waals surface area contributed by atoms with E-state index in [1.54, 1.807) is 24.3 Å². The van der Waals surface area contributed by atoms with E-state index < -0.39 is 0 Å². The molecule has 0 aliphatic rings. The van der Waals surface area contributed by atoms with Crippen LogP contribution >= 0.6 is 11.6 Å². The molecule has 2 nitrogen and oxygen atoms in total. The van der Waals surface area contributed by atoms with Crippen molar-refractivity contribution in [2.24, 2.45) is 0 Å². The molecule has 31 heavy (non-hydrogen) atoms. The third kappa shape index (κ3) is 3.94. The van der Waals surface area contributed by atoms with Gasteiger partial charge in [-0.25, -0.2) is 13.8 Å². The first-order valence-corrected chi connectivity index (χ1v) is 10.2. The minimum absolute atomic E-state index is 0.253. The molecule has 0 fully saturated rings. The lowest BCUT2D eigenvalue weighted by Gasteiger charge is -2.11. The van der Waals surface area contributed by atoms with Crippen LogP contribution in [0.1, 0.15) is 11.3 Å². The Morgan fingerprint density at radius 2 is 1.32 bits per heavy atom. The number of benzene rings is 3. The number of hydrogen-bond donors (Lipinski definition) is 0. The summed E-state index contributed by atoms with van der Waals surface area (Å²) in [6.45, 7) is 0. The van der Waals surface area contributed by atoms with E-state index in [9.17, 15) is 8.78 Å². The van der Waals surface area contributed by atoms with Gasteiger partial charge in [-0.05, 0) is 66.2 Å². The van der Waals surface area contributed by atoms with E-state index in [4.69, 9.17) is 16.6 Å². The molecule has 2 heterocycles. The Bertz CT molecular complexity index is 1360. The van der Waals surface area contributed by atoms with Crippen LogP contribution < -0.4 is 0 Å². The first kappa shape index (κ1) is 19.5. The number of rotatable bonds is 4. The van der Waals surface area contributed by atoms with Gasteiger partial charge in [-0.15, -0.1) is 0 Å². The van der Waals surface area contributed by atoms with Crippen molar-refractivity contribution in [2.75, 3.05) is 0 Å². The number of halogens is 3. The first-order valence-electron chi connectivity index (χ1n) is 9.84. The summed E-state index contributed by atoms with van der Waals surface area (Å²) >= 11 is 6.06. The molecule has 3 aromatic carbocycles. The lowest BCUT2D eigenvalue weighted by atomic mass is 10.1. The van der Waals surface area contributed by atoms with Gasteiger partial charge in [0.15, 0.2) is 0 Å². The van der Waals surface area contributed by atoms with Crippen molar-refractivity contribution < 1.29 is 8.78 Å². The van der Waals surface area contributed by atoms with Crippen molar-refractivity contribution in [3.05, 3.63) is 119 Å². The summed E-state index contributed by atoms with van der Waals surface area (Å²) in [5.74, 6) is -0.544. The summed E-state index contributed by atoms with van der Waals surface area (Å²) in [5, 5.41) is 0.654. The molecule has 0 spiro atoms. The van der Waals surface area contributed by atoms with Crippen LogP contribution in [0.3, 0.4) is 0 Å². The maximum atomic E-state index is 13.5. The van der Waals surface area contributed by atoms with Crippen LogP contribution in [0.4, 0.5) is 8.78 Å². The summed E-state index contributed by atoms with van der Waals surface area (Å²) < 4.78 is 28.9. The molecule has 2 aromatic heterocycles. The quantitative estimate of drug-likeness (QED) is 0.295. The Hall–Kier alpha value is -3.50. The first-order chi connectivity index (χ1) is 15.1. The van der Waals surface area contributed by atoms with Gasteiger partial charge in [0.05, 0.1) is 16.9 Å². The second-order valence-electron chi connectivity index (χ2n) is 7.37. The molecule has 5 rings (SSSR count). The predicted molar refractivity (Wildman–Crippen MR) is 120 cm³/mol. The van der Waals surface area contributed by atoms with Gasteiger partial charge >= 0.3 is 0 Å². The Morgan fingerprint density at radius 1 is 0.710 bits per heavy atom. The Labute approximate surface area is 183 Å². The molecule has 0 aliphatic heterocycles. The molecule has 0 N–H and O–H groups in total. The standard InChI is InChI=1S/C26H17ClF2N2/c27-20-7-3-18(4-8-20)24-16-31-23(15-17-1-9-21(28)10-2-17)13-14-25(31)26(30-24)19-5-11-22(29)12-6-19/h1-14,16H,15H2. The van der Waals surface area contributed by atoms with Gasteiger partial charge in [0.2, 0.25) is 0 Å². The normalized spacial score (nSPS) is 11.2. The highest BCUT2D eigenvalue weighted by molar-refractivity contribution is 6.30. The Balaban J connectivity index is 1.69. The van der Waals surface area contributed by atoms with E-state index in [0.717, 1.165) is 39.3 Å². The molecular formula is C26H17ClF2N2. The zero-order chi connectivity index (χ0) is 21.4. The number of fused-ring (bicyclic) bond motifs is 1. The van der Waals surface area contributed by atoms with Gasteiger partial charge in [-0.2, -0.15) is 0 Å². The lowest BCUT2D eigenvalue weighted by molar-refractivity contribution is 0.627. The van der Waals surface area contributed by atoms with Crippen LogP contribution in [-0.4, -0.2) is 9.38 Å². The molecular weight excluding hydrogens is 414 g/mol. The van der Waals surface area contributed by atoms with Crippen LogP contribution in [0.25, 0.3) is 28.0 Å². The van der Waals surface area contributed by atoms with E-state index in [2.05, 4.69) is 4.40 Å². The molecule has 0 amide bonds. The topological polar surface area (TPSA) is 17.3 Å². The van der Waals surface area contributed by atoms with E-state index in [1.807, 2.05) is 42.6 Å². The Kier molecular flexibility index (Phi) is 5.00. The average molecular weight is 431 g/mol. The van der Waals surface area contributed by atoms with Gasteiger partial charge in [0.1, 0.15) is 11.6 Å². The van der Waals surface area contributed by atoms with Crippen LogP contribution in [0.15, 0.2) is 91.1 Å². The van der Waals surface area contributed by atoms with Crippen molar-refractivity contribution in [3.8, 4) is 22.5 Å². The van der Waals surface area contributed by atoms with Gasteiger partial charge < -0.3 is 4.40 Å². The predicted octanol–water partition coefficient (Wildman–Crippen LogP) is 7.19. The summed E-state index contributed by atoms with van der Waals surface area (Å²) in [4.78, 5) is 4.90. The molecule has 0 aliphatic carbocycles. The fraction of sp³-hybridized carbons (Fsp3) is 0.0385. The third-order valence-electron chi connectivity index (χ3n) is 5.28. The SMILES string of the molecule is Fc1ccc(Cc2ccc3c(-c4ccc(F)cc4)nc(-c4ccc(Cl)cc4)cn23)cc1. The minimum Gasteiger partial charge on any atom is -0.316 e. The van der Waals surface area contributed by atoms with Crippen molar-refractivity contribution in [2.45, 2.75) is 6.42 Å². The highest BCUT2D eigenvalue weighted by Gasteiger charge is 2.14. The largest absolute Gasteiger partial charge is 0.316 e. The van der Waals surface area contributed by atoms with Crippen molar-refractivity contribution in [3.63, 3.8) is 0 Å². The third-order valence-corrected chi connectivity index (χ3v) is 5.54. The molecule has 152 valence electrons. The maximum absolute atomic E-state index is 13.5. The summed E-state index contributed by atoms with van der Waals surface area (Å²) in [6.07, 6.45) is 2.63. The van der Waals surface area contributed by atoms with E-state index >= 15 is 0 Å². The van der Waals surface area contributed by atoms with Crippen LogP contribution in [0.5, 0.6) is 0 Å². The van der Waals surface area contributed by atoms with Gasteiger partial charge in [0, 0.05) is 34.5 Å². The highest BCUT2D eigenvalue weighted by Crippen LogP contribution is 2.30. The van der Waals surface area contributed by atoms with Crippen LogP contribution in [0, 0.1) is 11.6 Å². The molecule has 5 aromatic rings. The summed E-state index contributed by atoms with van der Waals surface area (Å²) in [5.41, 5.74) is 6.26. The van der Waals surface area contributed by atoms with Gasteiger partial charge in [-0.3, -0.25) is 0 Å². The fourth-order valence-electron chi connectivity index (χ4n) is 3.70. The molecule has 0 radical (unpaired) electrons. The zero-order valence-electron chi connectivity index (χ0n) is 16.4. The number of aromatic nitrogens is 2. The number of nitrogens with zero attached hydrogens (tertiary/aromatic N) is 2. The monoisotopic (exact) mass is 430 g/mol. The molecule has 0 saturated heterocycles. The fourth-order valence-corrected chi connectivity index (χ4v) is 3.83. The van der Waals surface area contributed by atoms with Crippen LogP contribution in [-0.2, 0) is 6.42 Å². The van der Waals surface area contributed by atoms with E-state index in [1.165, 1.54) is 24.3 Å². The molecule has 0 atom stereocenters. The van der Waals surface area contributed by atoms with Crippen molar-refractivity contribution >= 4 is 17.1 Å². The average Bonchev–Trinajstić information content (AvgIpc) is 3.18. The minimum atomic E-state index is -0.291. The van der Waals surface area contributed by atoms with Crippen molar-refractivity contribution in [1.82, 2.24) is 9.38 Å². The van der Waals surface area contributed by atoms with Gasteiger partial charge in [-0.1, -0.05) is 35.9 Å². The van der Waals surface area contributed by atoms with Crippen LogP contribution in [0.2, 0.25) is 5.02 Å². The van der Waals surface area contributed by atoms with Gasteiger partial charge in [0.25, 0.3) is 0 Å². The van der Waals surface area contributed by atoms with E-state index in [0.29, 0.717) is 11.4 Å². The summed E-state index contributed by atoms with van der Waals surface area (Å²) in [6, 6.07) is 24.4. The molecule has 0 bridgehead atoms. The molecule has 0 saturated carbocycles.